The maximum absolute atomic E-state index is 11.9. The summed E-state index contributed by atoms with van der Waals surface area (Å²) in [7, 11) is 4.23. The average molecular weight is 234 g/mol. The van der Waals surface area contributed by atoms with Crippen LogP contribution in [-0.2, 0) is 21.1 Å². The van der Waals surface area contributed by atoms with Crippen LogP contribution in [0, 0.1) is 12.5 Å². The highest BCUT2D eigenvalue weighted by atomic mass is 16.2. The van der Waals surface area contributed by atoms with E-state index in [0.29, 0.717) is 0 Å². The van der Waals surface area contributed by atoms with Crippen LogP contribution in [0.3, 0.4) is 0 Å². The highest BCUT2D eigenvalue weighted by molar-refractivity contribution is 5.71. The van der Waals surface area contributed by atoms with Crippen molar-refractivity contribution < 1.29 is 0 Å². The van der Waals surface area contributed by atoms with Crippen molar-refractivity contribution in [2.24, 2.45) is 21.1 Å². The van der Waals surface area contributed by atoms with Crippen molar-refractivity contribution in [3.63, 3.8) is 0 Å². The van der Waals surface area contributed by atoms with Gasteiger partial charge in [-0.2, -0.15) is 0 Å². The van der Waals surface area contributed by atoms with Crippen LogP contribution in [0.2, 0.25) is 0 Å². The van der Waals surface area contributed by atoms with Gasteiger partial charge in [-0.3, -0.25) is 18.5 Å². The second kappa shape index (κ2) is 3.25. The van der Waals surface area contributed by atoms with Crippen LogP contribution >= 0.6 is 0 Å². The molecule has 0 unspecified atom stereocenters. The summed E-state index contributed by atoms with van der Waals surface area (Å²) in [5, 5.41) is 0. The second-order valence-electron chi connectivity index (χ2n) is 3.68. The van der Waals surface area contributed by atoms with Gasteiger partial charge in [-0.25, -0.2) is 14.2 Å². The van der Waals surface area contributed by atoms with Gasteiger partial charge in [-0.1, -0.05) is 6.42 Å². The molecule has 0 bridgehead atoms. The van der Waals surface area contributed by atoms with E-state index in [1.165, 1.54) is 30.3 Å². The zero-order valence-electron chi connectivity index (χ0n) is 9.59. The van der Waals surface area contributed by atoms with Crippen LogP contribution in [0.25, 0.3) is 11.2 Å². The molecule has 0 radical (unpaired) electrons. The summed E-state index contributed by atoms with van der Waals surface area (Å²) in [6, 6.07) is 2.16. The highest BCUT2D eigenvalue weighted by Crippen LogP contribution is 2.02. The van der Waals surface area contributed by atoms with E-state index >= 15 is 0 Å². The fraction of sp³-hybridized carbons (Fsp3) is 0.300. The van der Waals surface area contributed by atoms with Crippen molar-refractivity contribution in [3.05, 3.63) is 31.3 Å². The minimum Gasteiger partial charge on any atom is -0.289 e. The van der Waals surface area contributed by atoms with Gasteiger partial charge in [-0.15, -0.1) is 0 Å². The maximum atomic E-state index is 11.9. The van der Waals surface area contributed by atoms with E-state index in [2.05, 4.69) is 6.04 Å². The Kier molecular flexibility index (Phi) is 2.10. The Balaban J connectivity index is 3.40. The molecule has 2 heterocycles. The topological polar surface area (TPSA) is 70.9 Å². The van der Waals surface area contributed by atoms with Crippen molar-refractivity contribution in [2.75, 3.05) is 0 Å². The zero-order valence-corrected chi connectivity index (χ0v) is 9.59. The summed E-state index contributed by atoms with van der Waals surface area (Å²) in [5.74, 6) is 0. The van der Waals surface area contributed by atoms with E-state index in [1.807, 2.05) is 0 Å². The summed E-state index contributed by atoms with van der Waals surface area (Å²) in [5.41, 5.74) is -1.36. The predicted molar refractivity (Wildman–Crippen MR) is 61.9 cm³/mol. The Labute approximate surface area is 95.1 Å². The molecular formula is C10H10N4O3. The van der Waals surface area contributed by atoms with Crippen LogP contribution in [0.1, 0.15) is 0 Å². The van der Waals surface area contributed by atoms with Crippen LogP contribution in [0.15, 0.2) is 14.4 Å². The third-order valence-electron chi connectivity index (χ3n) is 2.77. The summed E-state index contributed by atoms with van der Waals surface area (Å²) in [4.78, 5) is 35.4. The number of terminal acetylenes is 1. The third kappa shape index (κ3) is 1.15. The highest BCUT2D eigenvalue weighted by Gasteiger charge is 2.18. The van der Waals surface area contributed by atoms with E-state index in [9.17, 15) is 14.4 Å². The molecule has 0 atom stereocenters. The fourth-order valence-corrected chi connectivity index (χ4v) is 1.82. The quantitative estimate of drug-likeness (QED) is 0.504. The minimum absolute atomic E-state index is 0.109. The number of imidazole rings is 1. The van der Waals surface area contributed by atoms with Crippen LogP contribution in [-0.4, -0.2) is 18.3 Å². The zero-order chi connectivity index (χ0) is 12.9. The molecule has 0 spiro atoms. The first-order chi connectivity index (χ1) is 7.91. The molecule has 0 aliphatic rings. The Morgan fingerprint density at radius 1 is 0.941 bits per heavy atom. The third-order valence-corrected chi connectivity index (χ3v) is 2.77. The number of fused-ring (bicyclic) bond motifs is 1. The molecule has 88 valence electrons. The molecule has 2 aromatic rings. The van der Waals surface area contributed by atoms with Crippen LogP contribution < -0.4 is 16.9 Å². The van der Waals surface area contributed by atoms with Gasteiger partial charge >= 0.3 is 11.4 Å². The number of hydrogen-bond donors (Lipinski definition) is 0. The second-order valence-corrected chi connectivity index (χ2v) is 3.68. The smallest absolute Gasteiger partial charge is 0.289 e. The van der Waals surface area contributed by atoms with E-state index in [-0.39, 0.29) is 11.2 Å². The summed E-state index contributed by atoms with van der Waals surface area (Å²) < 4.78 is 4.17. The van der Waals surface area contributed by atoms with Crippen molar-refractivity contribution in [1.29, 1.82) is 0 Å². The average Bonchev–Trinajstić information content (AvgIpc) is 2.53. The number of aromatic nitrogens is 4. The lowest BCUT2D eigenvalue weighted by molar-refractivity contribution is 0.746. The lowest BCUT2D eigenvalue weighted by Crippen LogP contribution is -2.37. The molecule has 0 amide bonds. The molecule has 17 heavy (non-hydrogen) atoms. The lowest BCUT2D eigenvalue weighted by atomic mass is 10.5. The molecule has 2 rings (SSSR count). The number of nitrogens with zero attached hydrogens (tertiary/aromatic N) is 4. The molecule has 7 heteroatoms. The van der Waals surface area contributed by atoms with E-state index in [0.717, 1.165) is 9.13 Å². The summed E-state index contributed by atoms with van der Waals surface area (Å²) >= 11 is 0. The Morgan fingerprint density at radius 3 is 2.06 bits per heavy atom. The monoisotopic (exact) mass is 234 g/mol. The Hall–Kier alpha value is -2.49. The molecule has 0 aliphatic heterocycles. The number of rotatable bonds is 0. The fourth-order valence-electron chi connectivity index (χ4n) is 1.82. The van der Waals surface area contributed by atoms with Crippen molar-refractivity contribution in [1.82, 2.24) is 18.3 Å². The van der Waals surface area contributed by atoms with Gasteiger partial charge in [0.05, 0.1) is 0 Å². The molecule has 0 aromatic carbocycles. The summed E-state index contributed by atoms with van der Waals surface area (Å²) in [6.45, 7) is 0. The van der Waals surface area contributed by atoms with Crippen molar-refractivity contribution in [2.45, 2.75) is 0 Å². The number of hydrogen-bond acceptors (Lipinski definition) is 3. The SMILES string of the molecule is C#Cn1c(=O)n(C)c(=O)c2c1n(C)c(=O)n2C. The minimum atomic E-state index is -0.647. The van der Waals surface area contributed by atoms with Gasteiger partial charge in [0.25, 0.3) is 5.56 Å². The maximum Gasteiger partial charge on any atom is 0.344 e. The van der Waals surface area contributed by atoms with E-state index in [1.54, 1.807) is 0 Å². The van der Waals surface area contributed by atoms with E-state index in [4.69, 9.17) is 6.42 Å². The van der Waals surface area contributed by atoms with Crippen LogP contribution in [0.5, 0.6) is 0 Å². The van der Waals surface area contributed by atoms with Gasteiger partial charge < -0.3 is 0 Å². The molecule has 0 fully saturated rings. The molecule has 2 aromatic heterocycles. The first-order valence-corrected chi connectivity index (χ1v) is 4.76. The standard InChI is InChI=1S/C10H10N4O3/c1-5-14-7-6(8(15)13(4)10(14)17)11(2)9(16)12(7)3/h1H,2-4H3. The molecular weight excluding hydrogens is 224 g/mol. The molecule has 7 nitrogen and oxygen atoms in total. The van der Waals surface area contributed by atoms with Gasteiger partial charge in [0.15, 0.2) is 11.2 Å². The Bertz CT molecular complexity index is 838. The van der Waals surface area contributed by atoms with Crippen molar-refractivity contribution >= 4 is 11.2 Å². The normalized spacial score (nSPS) is 10.7. The van der Waals surface area contributed by atoms with Crippen molar-refractivity contribution in [3.8, 4) is 12.5 Å². The largest absolute Gasteiger partial charge is 0.344 e. The van der Waals surface area contributed by atoms with E-state index < -0.39 is 16.9 Å². The molecule has 0 aliphatic carbocycles. The first-order valence-electron chi connectivity index (χ1n) is 4.76. The van der Waals surface area contributed by atoms with Gasteiger partial charge in [0.2, 0.25) is 0 Å². The summed E-state index contributed by atoms with van der Waals surface area (Å²) in [6.07, 6.45) is 5.24. The van der Waals surface area contributed by atoms with Crippen LogP contribution in [0.4, 0.5) is 0 Å². The first kappa shape index (κ1) is 11.0. The predicted octanol–water partition coefficient (Wildman–Crippen LogP) is -1.82. The lowest BCUT2D eigenvalue weighted by Gasteiger charge is -2.03. The van der Waals surface area contributed by atoms with Gasteiger partial charge in [0, 0.05) is 27.2 Å². The Morgan fingerprint density at radius 2 is 1.53 bits per heavy atom. The molecule has 0 saturated carbocycles. The van der Waals surface area contributed by atoms with Gasteiger partial charge in [0.1, 0.15) is 0 Å². The molecule has 0 N–H and O–H groups in total. The number of aryl methyl sites for hydroxylation is 2. The molecule has 0 saturated heterocycles. The van der Waals surface area contributed by atoms with Gasteiger partial charge in [-0.05, 0) is 0 Å².